The largest absolute Gasteiger partial charge is 0.352 e. The van der Waals surface area contributed by atoms with Gasteiger partial charge in [-0.25, -0.2) is 9.37 Å². The third-order valence-electron chi connectivity index (χ3n) is 5.68. The van der Waals surface area contributed by atoms with E-state index in [1.807, 2.05) is 12.1 Å². The van der Waals surface area contributed by atoms with Crippen molar-refractivity contribution in [3.05, 3.63) is 53.4 Å². The molecule has 0 amide bonds. The van der Waals surface area contributed by atoms with Gasteiger partial charge in [0.2, 0.25) is 17.8 Å². The van der Waals surface area contributed by atoms with Crippen LogP contribution in [0, 0.1) is 5.82 Å². The molecule has 0 atom stereocenters. The van der Waals surface area contributed by atoms with E-state index in [9.17, 15) is 4.39 Å². The number of benzene rings is 1. The van der Waals surface area contributed by atoms with E-state index in [0.29, 0.717) is 28.6 Å². The quantitative estimate of drug-likeness (QED) is 0.625. The molecule has 2 aromatic heterocycles. The van der Waals surface area contributed by atoms with Gasteiger partial charge in [-0.05, 0) is 43.2 Å². The van der Waals surface area contributed by atoms with Gasteiger partial charge in [-0.3, -0.25) is 0 Å². The number of halogens is 2. The molecule has 2 aliphatic heterocycles. The molecule has 2 fully saturated rings. The van der Waals surface area contributed by atoms with Crippen molar-refractivity contribution >= 4 is 41.0 Å². The van der Waals surface area contributed by atoms with E-state index >= 15 is 0 Å². The van der Waals surface area contributed by atoms with Crippen LogP contribution in [0.5, 0.6) is 0 Å². The monoisotopic (exact) mass is 454 g/mol. The fourth-order valence-corrected chi connectivity index (χ4v) is 4.27. The lowest BCUT2D eigenvalue weighted by Crippen LogP contribution is -2.47. The molecule has 1 aromatic carbocycles. The Morgan fingerprint density at radius 3 is 2.19 bits per heavy atom. The van der Waals surface area contributed by atoms with Gasteiger partial charge in [0.1, 0.15) is 11.6 Å². The predicted molar refractivity (Wildman–Crippen MR) is 125 cm³/mol. The van der Waals surface area contributed by atoms with Crippen molar-refractivity contribution in [1.29, 1.82) is 0 Å². The fourth-order valence-electron chi connectivity index (χ4n) is 4.03. The van der Waals surface area contributed by atoms with Crippen LogP contribution in [-0.4, -0.2) is 59.2 Å². The van der Waals surface area contributed by atoms with Crippen molar-refractivity contribution in [2.45, 2.75) is 12.8 Å². The van der Waals surface area contributed by atoms with Gasteiger partial charge in [-0.1, -0.05) is 17.7 Å². The average molecular weight is 455 g/mol. The second-order valence-electron chi connectivity index (χ2n) is 7.87. The Morgan fingerprint density at radius 1 is 0.812 bits per heavy atom. The molecule has 0 radical (unpaired) electrons. The Hall–Kier alpha value is -3.20. The Morgan fingerprint density at radius 2 is 1.50 bits per heavy atom. The van der Waals surface area contributed by atoms with Crippen molar-refractivity contribution < 1.29 is 4.39 Å². The maximum absolute atomic E-state index is 13.6. The maximum Gasteiger partial charge on any atom is 0.233 e. The van der Waals surface area contributed by atoms with Crippen LogP contribution < -0.4 is 20.0 Å². The van der Waals surface area contributed by atoms with Crippen LogP contribution in [0.15, 0.2) is 42.6 Å². The molecule has 32 heavy (non-hydrogen) atoms. The summed E-state index contributed by atoms with van der Waals surface area (Å²) in [4.78, 5) is 24.9. The van der Waals surface area contributed by atoms with Gasteiger partial charge in [-0.15, -0.1) is 0 Å². The van der Waals surface area contributed by atoms with Crippen LogP contribution in [0.2, 0.25) is 5.02 Å². The Balaban J connectivity index is 1.38. The maximum atomic E-state index is 13.6. The summed E-state index contributed by atoms with van der Waals surface area (Å²) in [6.07, 6.45) is 4.00. The van der Waals surface area contributed by atoms with Gasteiger partial charge in [-0.2, -0.15) is 15.0 Å². The third kappa shape index (κ3) is 4.52. The molecule has 5 rings (SSSR count). The van der Waals surface area contributed by atoms with Crippen LogP contribution in [0.4, 0.5) is 33.7 Å². The van der Waals surface area contributed by atoms with Crippen LogP contribution >= 0.6 is 11.6 Å². The summed E-state index contributed by atoms with van der Waals surface area (Å²) in [5.74, 6) is 2.18. The minimum atomic E-state index is -0.312. The number of aromatic nitrogens is 4. The minimum Gasteiger partial charge on any atom is -0.352 e. The van der Waals surface area contributed by atoms with Crippen LogP contribution in [-0.2, 0) is 0 Å². The number of piperazine rings is 1. The predicted octanol–water partition coefficient (Wildman–Crippen LogP) is 3.73. The molecule has 1 N–H and O–H groups in total. The normalized spacial score (nSPS) is 16.5. The summed E-state index contributed by atoms with van der Waals surface area (Å²) in [7, 11) is 0. The topological polar surface area (TPSA) is 73.3 Å². The van der Waals surface area contributed by atoms with Crippen LogP contribution in [0.25, 0.3) is 0 Å². The van der Waals surface area contributed by atoms with Gasteiger partial charge in [0.25, 0.3) is 0 Å². The molecular weight excluding hydrogens is 431 g/mol. The zero-order valence-electron chi connectivity index (χ0n) is 17.6. The first kappa shape index (κ1) is 20.7. The SMILES string of the molecule is Fc1cccc(Nc2nc(N3CCCC3)nc(N3CCN(c4ncccc4Cl)CC3)n2)c1. The van der Waals surface area contributed by atoms with E-state index in [2.05, 4.69) is 35.0 Å². The molecule has 0 aliphatic carbocycles. The summed E-state index contributed by atoms with van der Waals surface area (Å²) in [6.45, 7) is 4.83. The first-order valence-corrected chi connectivity index (χ1v) is 11.2. The van der Waals surface area contributed by atoms with Gasteiger partial charge >= 0.3 is 0 Å². The lowest BCUT2D eigenvalue weighted by atomic mass is 10.3. The summed E-state index contributed by atoms with van der Waals surface area (Å²) in [6, 6.07) is 9.97. The Kier molecular flexibility index (Phi) is 5.89. The average Bonchev–Trinajstić information content (AvgIpc) is 3.35. The summed E-state index contributed by atoms with van der Waals surface area (Å²) >= 11 is 6.32. The molecule has 0 bridgehead atoms. The number of pyridine rings is 1. The van der Waals surface area contributed by atoms with E-state index in [-0.39, 0.29) is 5.82 Å². The molecule has 10 heteroatoms. The van der Waals surface area contributed by atoms with Crippen molar-refractivity contribution in [2.24, 2.45) is 0 Å². The molecular formula is C22H24ClFN8. The molecule has 2 aliphatic rings. The molecule has 0 saturated carbocycles. The molecule has 3 aromatic rings. The highest BCUT2D eigenvalue weighted by Crippen LogP contribution is 2.26. The summed E-state index contributed by atoms with van der Waals surface area (Å²) in [5.41, 5.74) is 0.601. The lowest BCUT2D eigenvalue weighted by Gasteiger charge is -2.36. The molecule has 0 unspecified atom stereocenters. The minimum absolute atomic E-state index is 0.312. The number of hydrogen-bond donors (Lipinski definition) is 1. The molecule has 8 nitrogen and oxygen atoms in total. The number of nitrogens with zero attached hydrogens (tertiary/aromatic N) is 7. The van der Waals surface area contributed by atoms with E-state index in [1.54, 1.807) is 18.3 Å². The van der Waals surface area contributed by atoms with Crippen LogP contribution in [0.1, 0.15) is 12.8 Å². The Labute approximate surface area is 191 Å². The summed E-state index contributed by atoms with van der Waals surface area (Å²) < 4.78 is 13.6. The standard InChI is InChI=1S/C22H24ClFN8/c23-18-7-4-8-25-19(18)30-11-13-32(14-12-30)22-28-20(26-17-6-3-5-16(24)15-17)27-21(29-22)31-9-1-2-10-31/h3-8,15H,1-2,9-14H2,(H,26,27,28,29). The van der Waals surface area contributed by atoms with Crippen molar-refractivity contribution in [1.82, 2.24) is 19.9 Å². The smallest absolute Gasteiger partial charge is 0.233 e. The number of rotatable bonds is 5. The van der Waals surface area contributed by atoms with E-state index in [1.165, 1.54) is 12.1 Å². The van der Waals surface area contributed by atoms with Crippen molar-refractivity contribution in [3.8, 4) is 0 Å². The lowest BCUT2D eigenvalue weighted by molar-refractivity contribution is 0.628. The highest BCUT2D eigenvalue weighted by atomic mass is 35.5. The van der Waals surface area contributed by atoms with Gasteiger partial charge < -0.3 is 20.0 Å². The van der Waals surface area contributed by atoms with Gasteiger partial charge in [0, 0.05) is 51.2 Å². The van der Waals surface area contributed by atoms with Crippen molar-refractivity contribution in [2.75, 3.05) is 59.3 Å². The number of nitrogens with one attached hydrogen (secondary N) is 1. The van der Waals surface area contributed by atoms with Crippen molar-refractivity contribution in [3.63, 3.8) is 0 Å². The molecule has 2 saturated heterocycles. The van der Waals surface area contributed by atoms with Gasteiger partial charge in [0.05, 0.1) is 5.02 Å². The molecule has 0 spiro atoms. The van der Waals surface area contributed by atoms with E-state index in [4.69, 9.17) is 16.6 Å². The second-order valence-corrected chi connectivity index (χ2v) is 8.28. The summed E-state index contributed by atoms with van der Waals surface area (Å²) in [5, 5.41) is 3.79. The first-order valence-electron chi connectivity index (χ1n) is 10.8. The second kappa shape index (κ2) is 9.12. The zero-order chi connectivity index (χ0) is 21.9. The van der Waals surface area contributed by atoms with Gasteiger partial charge in [0.15, 0.2) is 0 Å². The fraction of sp³-hybridized carbons (Fsp3) is 0.364. The molecule has 4 heterocycles. The van der Waals surface area contributed by atoms with E-state index < -0.39 is 0 Å². The number of hydrogen-bond acceptors (Lipinski definition) is 8. The highest BCUT2D eigenvalue weighted by Gasteiger charge is 2.24. The first-order chi connectivity index (χ1) is 15.7. The van der Waals surface area contributed by atoms with Crippen LogP contribution in [0.3, 0.4) is 0 Å². The zero-order valence-corrected chi connectivity index (χ0v) is 18.3. The molecule has 166 valence electrons. The highest BCUT2D eigenvalue weighted by molar-refractivity contribution is 6.32. The Bertz CT molecular complexity index is 1080. The van der Waals surface area contributed by atoms with E-state index in [0.717, 1.165) is 57.9 Å². The third-order valence-corrected chi connectivity index (χ3v) is 5.98. The number of anilines is 5.